The average Bonchev–Trinajstić information content (AvgIpc) is 2.40. The Morgan fingerprint density at radius 2 is 1.94 bits per heavy atom. The zero-order valence-corrected chi connectivity index (χ0v) is 9.48. The van der Waals surface area contributed by atoms with E-state index in [4.69, 9.17) is 4.42 Å². The van der Waals surface area contributed by atoms with Crippen molar-refractivity contribution in [3.8, 4) is 0 Å². The molecule has 1 aromatic carbocycles. The molecule has 0 unspecified atom stereocenters. The van der Waals surface area contributed by atoms with Crippen molar-refractivity contribution in [2.45, 2.75) is 0 Å². The zero-order valence-electron chi connectivity index (χ0n) is 9.48. The topological polar surface area (TPSA) is 45.5 Å². The predicted molar refractivity (Wildman–Crippen MR) is 67.6 cm³/mol. The van der Waals surface area contributed by atoms with Crippen molar-refractivity contribution in [1.82, 2.24) is 5.32 Å². The van der Waals surface area contributed by atoms with Gasteiger partial charge in [-0.15, -0.1) is 0 Å². The van der Waals surface area contributed by atoms with Crippen LogP contribution in [0.4, 0.5) is 5.69 Å². The molecule has 2 heterocycles. The molecule has 1 saturated heterocycles. The van der Waals surface area contributed by atoms with Crippen LogP contribution in [0.2, 0.25) is 0 Å². The molecule has 88 valence electrons. The largest absolute Gasteiger partial charge is 0.462 e. The van der Waals surface area contributed by atoms with Gasteiger partial charge in [0, 0.05) is 26.2 Å². The van der Waals surface area contributed by atoms with Crippen molar-refractivity contribution in [3.63, 3.8) is 0 Å². The monoisotopic (exact) mass is 230 g/mol. The van der Waals surface area contributed by atoms with Crippen molar-refractivity contribution >= 4 is 16.7 Å². The first kappa shape index (κ1) is 10.4. The van der Waals surface area contributed by atoms with E-state index in [1.54, 1.807) is 6.26 Å². The molecule has 17 heavy (non-hydrogen) atoms. The first-order chi connectivity index (χ1) is 8.36. The molecule has 1 aliphatic heterocycles. The van der Waals surface area contributed by atoms with Crippen LogP contribution in [0.1, 0.15) is 0 Å². The summed E-state index contributed by atoms with van der Waals surface area (Å²) < 4.78 is 5.51. The number of nitrogens with zero attached hydrogens (tertiary/aromatic N) is 1. The number of rotatable bonds is 1. The van der Waals surface area contributed by atoms with Crippen LogP contribution in [0.5, 0.6) is 0 Å². The van der Waals surface area contributed by atoms with E-state index in [0.29, 0.717) is 16.7 Å². The van der Waals surface area contributed by atoms with Crippen LogP contribution in [0, 0.1) is 0 Å². The summed E-state index contributed by atoms with van der Waals surface area (Å²) in [6.07, 6.45) is 1.58. The van der Waals surface area contributed by atoms with E-state index in [9.17, 15) is 4.79 Å². The molecule has 1 N–H and O–H groups in total. The Morgan fingerprint density at radius 3 is 2.76 bits per heavy atom. The number of hydrogen-bond donors (Lipinski definition) is 1. The quantitative estimate of drug-likeness (QED) is 0.799. The lowest BCUT2D eigenvalue weighted by Gasteiger charge is -2.28. The Balaban J connectivity index is 2.11. The van der Waals surface area contributed by atoms with E-state index in [1.165, 1.54) is 0 Å². The second-order valence-electron chi connectivity index (χ2n) is 4.18. The molecule has 4 nitrogen and oxygen atoms in total. The lowest BCUT2D eigenvalue weighted by molar-refractivity contribution is 0.566. The standard InChI is InChI=1S/C13H14N2O2/c16-13-10-3-1-2-4-12(10)17-9-11(13)15-7-5-14-6-8-15/h1-4,9,14H,5-8H2. The lowest BCUT2D eigenvalue weighted by Crippen LogP contribution is -2.45. The molecule has 0 amide bonds. The molecule has 1 aliphatic rings. The minimum Gasteiger partial charge on any atom is -0.462 e. The Hall–Kier alpha value is -1.81. The summed E-state index contributed by atoms with van der Waals surface area (Å²) in [6, 6.07) is 7.36. The average molecular weight is 230 g/mol. The Bertz CT molecular complexity index is 585. The summed E-state index contributed by atoms with van der Waals surface area (Å²) in [5.74, 6) is 0. The third kappa shape index (κ3) is 1.80. The molecule has 1 fully saturated rings. The van der Waals surface area contributed by atoms with Gasteiger partial charge in [-0.3, -0.25) is 4.79 Å². The summed E-state index contributed by atoms with van der Waals surface area (Å²) in [5.41, 5.74) is 1.38. The summed E-state index contributed by atoms with van der Waals surface area (Å²) in [4.78, 5) is 14.4. The summed E-state index contributed by atoms with van der Waals surface area (Å²) in [7, 11) is 0. The van der Waals surface area contributed by atoms with Crippen LogP contribution in [-0.4, -0.2) is 26.2 Å². The highest BCUT2D eigenvalue weighted by Crippen LogP contribution is 2.16. The Labute approximate surface area is 98.8 Å². The van der Waals surface area contributed by atoms with Crippen LogP contribution in [0.15, 0.2) is 39.7 Å². The van der Waals surface area contributed by atoms with Gasteiger partial charge in [0.05, 0.1) is 5.39 Å². The van der Waals surface area contributed by atoms with E-state index >= 15 is 0 Å². The molecule has 0 saturated carbocycles. The van der Waals surface area contributed by atoms with Gasteiger partial charge in [-0.2, -0.15) is 0 Å². The van der Waals surface area contributed by atoms with Gasteiger partial charge in [-0.05, 0) is 12.1 Å². The van der Waals surface area contributed by atoms with Crippen molar-refractivity contribution in [3.05, 3.63) is 40.8 Å². The van der Waals surface area contributed by atoms with Crippen LogP contribution in [0.25, 0.3) is 11.0 Å². The minimum absolute atomic E-state index is 0.0637. The van der Waals surface area contributed by atoms with Crippen LogP contribution < -0.4 is 15.6 Å². The Kier molecular flexibility index (Phi) is 2.57. The number of hydrogen-bond acceptors (Lipinski definition) is 4. The van der Waals surface area contributed by atoms with Crippen molar-refractivity contribution < 1.29 is 4.42 Å². The fourth-order valence-electron chi connectivity index (χ4n) is 2.19. The fraction of sp³-hybridized carbons (Fsp3) is 0.308. The second kappa shape index (κ2) is 4.22. The highest BCUT2D eigenvalue weighted by atomic mass is 16.3. The molecular formula is C13H14N2O2. The van der Waals surface area contributed by atoms with E-state index in [0.717, 1.165) is 26.2 Å². The third-order valence-corrected chi connectivity index (χ3v) is 3.12. The molecule has 0 atom stereocenters. The van der Waals surface area contributed by atoms with Crippen LogP contribution in [0.3, 0.4) is 0 Å². The molecule has 3 rings (SSSR count). The van der Waals surface area contributed by atoms with Gasteiger partial charge in [0.1, 0.15) is 17.5 Å². The number of anilines is 1. The highest BCUT2D eigenvalue weighted by Gasteiger charge is 2.15. The third-order valence-electron chi connectivity index (χ3n) is 3.12. The summed E-state index contributed by atoms with van der Waals surface area (Å²) >= 11 is 0. The highest BCUT2D eigenvalue weighted by molar-refractivity contribution is 5.79. The molecule has 2 aromatic rings. The normalized spacial score (nSPS) is 16.4. The van der Waals surface area contributed by atoms with Gasteiger partial charge in [-0.25, -0.2) is 0 Å². The van der Waals surface area contributed by atoms with Crippen molar-refractivity contribution in [2.75, 3.05) is 31.1 Å². The van der Waals surface area contributed by atoms with Crippen LogP contribution in [-0.2, 0) is 0 Å². The smallest absolute Gasteiger partial charge is 0.215 e. The SMILES string of the molecule is O=c1c(N2CCNCC2)coc2ccccc12. The van der Waals surface area contributed by atoms with Gasteiger partial charge >= 0.3 is 0 Å². The molecule has 0 aliphatic carbocycles. The lowest BCUT2D eigenvalue weighted by atomic mass is 10.2. The maximum atomic E-state index is 12.3. The molecule has 1 aromatic heterocycles. The first-order valence-corrected chi connectivity index (χ1v) is 5.82. The molecular weight excluding hydrogens is 216 g/mol. The molecule has 0 radical (unpaired) electrons. The summed E-state index contributed by atoms with van der Waals surface area (Å²) in [5, 5.41) is 3.92. The van der Waals surface area contributed by atoms with Gasteiger partial charge < -0.3 is 14.6 Å². The van der Waals surface area contributed by atoms with E-state index in [1.807, 2.05) is 24.3 Å². The van der Waals surface area contributed by atoms with Crippen molar-refractivity contribution in [2.24, 2.45) is 0 Å². The summed E-state index contributed by atoms with van der Waals surface area (Å²) in [6.45, 7) is 3.52. The Morgan fingerprint density at radius 1 is 1.18 bits per heavy atom. The first-order valence-electron chi connectivity index (χ1n) is 5.82. The molecule has 4 heteroatoms. The molecule has 0 bridgehead atoms. The fourth-order valence-corrected chi connectivity index (χ4v) is 2.19. The van der Waals surface area contributed by atoms with Gasteiger partial charge in [0.15, 0.2) is 0 Å². The second-order valence-corrected chi connectivity index (χ2v) is 4.18. The number of benzene rings is 1. The van der Waals surface area contributed by atoms with Gasteiger partial charge in [-0.1, -0.05) is 12.1 Å². The van der Waals surface area contributed by atoms with Gasteiger partial charge in [0.2, 0.25) is 5.43 Å². The predicted octanol–water partition coefficient (Wildman–Crippen LogP) is 1.20. The zero-order chi connectivity index (χ0) is 11.7. The van der Waals surface area contributed by atoms with E-state index < -0.39 is 0 Å². The maximum Gasteiger partial charge on any atom is 0.215 e. The van der Waals surface area contributed by atoms with Crippen molar-refractivity contribution in [1.29, 1.82) is 0 Å². The maximum absolute atomic E-state index is 12.3. The number of fused-ring (bicyclic) bond motifs is 1. The van der Waals surface area contributed by atoms with E-state index in [2.05, 4.69) is 10.2 Å². The van der Waals surface area contributed by atoms with Crippen LogP contribution >= 0.6 is 0 Å². The minimum atomic E-state index is 0.0637. The van der Waals surface area contributed by atoms with Gasteiger partial charge in [0.25, 0.3) is 0 Å². The number of piperazine rings is 1. The molecule has 0 spiro atoms. The number of para-hydroxylation sites is 1. The number of nitrogens with one attached hydrogen (secondary N) is 1. The van der Waals surface area contributed by atoms with E-state index in [-0.39, 0.29) is 5.43 Å².